The molecule has 0 saturated carbocycles. The third kappa shape index (κ3) is 19.6. The molecule has 82 heavy (non-hydrogen) atoms. The smallest absolute Gasteiger partial charge is 0.326 e. The van der Waals surface area contributed by atoms with Crippen LogP contribution in [-0.4, -0.2) is 142 Å². The van der Waals surface area contributed by atoms with Crippen molar-refractivity contribution in [1.29, 1.82) is 0 Å². The minimum absolute atomic E-state index is 0.00345. The molecule has 2 aliphatic rings. The van der Waals surface area contributed by atoms with Crippen LogP contribution in [0.1, 0.15) is 94.2 Å². The van der Waals surface area contributed by atoms with Gasteiger partial charge in [0.25, 0.3) is 0 Å². The maximum Gasteiger partial charge on any atom is 0.326 e. The first-order valence-electron chi connectivity index (χ1n) is 27.7. The number of guanidine groups is 2. The number of aromatic nitrogens is 1. The number of carboxylic acids is 1. The van der Waals surface area contributed by atoms with E-state index in [1.54, 1.807) is 36.5 Å². The zero-order valence-electron chi connectivity index (χ0n) is 46.2. The maximum atomic E-state index is 15.2. The van der Waals surface area contributed by atoms with E-state index in [9.17, 15) is 33.9 Å². The van der Waals surface area contributed by atoms with Gasteiger partial charge in [0.05, 0.1) is 25.2 Å². The van der Waals surface area contributed by atoms with Crippen LogP contribution >= 0.6 is 0 Å². The highest BCUT2D eigenvalue weighted by atomic mass is 16.5. The fourth-order valence-electron chi connectivity index (χ4n) is 10.3. The van der Waals surface area contributed by atoms with E-state index >= 15 is 14.4 Å². The topological polar surface area (TPSA) is 391 Å². The van der Waals surface area contributed by atoms with E-state index in [1.165, 1.54) is 11.8 Å². The number of H-pyrrole nitrogens is 1. The molecule has 2 saturated heterocycles. The Balaban J connectivity index is 1.39. The van der Waals surface area contributed by atoms with Gasteiger partial charge in [-0.1, -0.05) is 78.9 Å². The molecule has 6 amide bonds. The first-order chi connectivity index (χ1) is 39.3. The van der Waals surface area contributed by atoms with Gasteiger partial charge in [-0.25, -0.2) is 4.79 Å². The Bertz CT molecular complexity index is 2910. The van der Waals surface area contributed by atoms with E-state index in [0.717, 1.165) is 16.5 Å². The highest BCUT2D eigenvalue weighted by Gasteiger charge is 2.44. The predicted molar refractivity (Wildman–Crippen MR) is 306 cm³/mol. The summed E-state index contributed by atoms with van der Waals surface area (Å²) >= 11 is 0. The van der Waals surface area contributed by atoms with Gasteiger partial charge in [0.2, 0.25) is 35.4 Å². The standard InChI is InChI=1S/C58H77N13O11/c1-35(72)67-44(22-13-25-65-58(61)62)53(77)70-47-31-51(75)63-23-11-10-21-45(56(80)81)68-52(76)39(27-40-32-66-43-20-9-8-19-42(40)43)29-49(73)38(18-12-24-64-57(59)60)28-50(74)46(26-36-14-4-2-5-15-36)69-54(78)48-30-41(33-71(48)55(47)79)82-34-37-16-6-3-7-17-37/h2-9,14-17,19-20,32,38-39,41,44-48,66H,10-13,18,21-31,33-34H2,1H3,(H,63,75)(H,67,72)(H,68,76)(H,69,78)(H,70,77)(H,80,81)(H4,59,60,64)(H4,61,62,65)/t38-,39-,41-,44+,45+,46-,47+,48+/m1/s1. The third-order valence-corrected chi connectivity index (χ3v) is 14.5. The SMILES string of the molecule is CC(=O)N[C@@H](CCCN=C(N)N)C(=O)N[C@H]1CC(=O)NCCCC[C@@H](C(=O)O)NC(=O)[C@H](Cc2c[nH]c3ccccc23)CC(=O)[C@H](CCCN=C(N)N)CC(=O)[C@@H](Cc2ccccc2)NC(=O)[C@@H]2C[C@@H](OCc3ccccc3)CN2C1=O. The Morgan fingerprint density at radius 3 is 2.11 bits per heavy atom. The van der Waals surface area contributed by atoms with Gasteiger partial charge in [-0.3, -0.25) is 48.3 Å². The number of nitrogens with one attached hydrogen (secondary N) is 6. The third-order valence-electron chi connectivity index (χ3n) is 14.5. The summed E-state index contributed by atoms with van der Waals surface area (Å²) in [6, 6.07) is 18.6. The number of carbonyl (C=O) groups is 9. The minimum Gasteiger partial charge on any atom is -0.480 e. The van der Waals surface area contributed by atoms with E-state index in [2.05, 4.69) is 41.6 Å². The number of rotatable bonds is 19. The van der Waals surface area contributed by atoms with Crippen LogP contribution in [0.3, 0.4) is 0 Å². The quantitative estimate of drug-likeness (QED) is 0.0356. The molecule has 24 heteroatoms. The Kier molecular flexibility index (Phi) is 23.9. The highest BCUT2D eigenvalue weighted by Crippen LogP contribution is 2.28. The largest absolute Gasteiger partial charge is 0.480 e. The van der Waals surface area contributed by atoms with Crippen LogP contribution in [0.4, 0.5) is 0 Å². The number of hydrogen-bond donors (Lipinski definition) is 11. The van der Waals surface area contributed by atoms with E-state index in [4.69, 9.17) is 27.7 Å². The lowest BCUT2D eigenvalue weighted by molar-refractivity contribution is -0.143. The van der Waals surface area contributed by atoms with E-state index < -0.39 is 114 Å². The van der Waals surface area contributed by atoms with E-state index in [1.807, 2.05) is 54.6 Å². The van der Waals surface area contributed by atoms with Gasteiger partial charge < -0.3 is 69.2 Å². The summed E-state index contributed by atoms with van der Waals surface area (Å²) in [6.07, 6.45) is 0.443. The monoisotopic (exact) mass is 1130 g/mol. The van der Waals surface area contributed by atoms with Gasteiger partial charge in [-0.05, 0) is 80.5 Å². The molecule has 0 radical (unpaired) electrons. The number of aliphatic carboxylic acids is 1. The lowest BCUT2D eigenvalue weighted by Crippen LogP contribution is -2.58. The molecule has 24 nitrogen and oxygen atoms in total. The number of amides is 6. The van der Waals surface area contributed by atoms with Crippen molar-refractivity contribution in [1.82, 2.24) is 36.5 Å². The molecule has 1 aromatic heterocycles. The number of benzene rings is 3. The Hall–Kier alpha value is -8.67. The lowest BCUT2D eigenvalue weighted by Gasteiger charge is -2.30. The molecule has 6 rings (SSSR count). The van der Waals surface area contributed by atoms with Crippen molar-refractivity contribution in [3.05, 3.63) is 108 Å². The molecule has 8 atom stereocenters. The molecule has 4 aromatic rings. The lowest BCUT2D eigenvalue weighted by atomic mass is 9.83. The molecule has 0 unspecified atom stereocenters. The van der Waals surface area contributed by atoms with E-state index in [0.29, 0.717) is 11.1 Å². The second-order valence-electron chi connectivity index (χ2n) is 20.9. The normalized spacial score (nSPS) is 22.2. The average Bonchev–Trinajstić information content (AvgIpc) is 4.08. The second-order valence-corrected chi connectivity index (χ2v) is 20.9. The number of aromatic amines is 1. The molecule has 0 bridgehead atoms. The molecule has 2 fully saturated rings. The molecular weight excluding hydrogens is 1050 g/mol. The number of ketones is 2. The molecular formula is C58H77N13O11. The Morgan fingerprint density at radius 2 is 1.43 bits per heavy atom. The van der Waals surface area contributed by atoms with Gasteiger partial charge in [-0.15, -0.1) is 0 Å². The molecule has 440 valence electrons. The van der Waals surface area contributed by atoms with Crippen molar-refractivity contribution >= 4 is 75.8 Å². The van der Waals surface area contributed by atoms with Gasteiger partial charge >= 0.3 is 5.97 Å². The molecule has 0 spiro atoms. The first-order valence-corrected chi connectivity index (χ1v) is 27.7. The zero-order valence-corrected chi connectivity index (χ0v) is 46.2. The number of hydrogen-bond acceptors (Lipinski definition) is 12. The fraction of sp³-hybridized carbons (Fsp3) is 0.466. The number of fused-ring (bicyclic) bond motifs is 2. The summed E-state index contributed by atoms with van der Waals surface area (Å²) in [5.74, 6) is -9.17. The minimum atomic E-state index is -1.62. The van der Waals surface area contributed by atoms with Crippen LogP contribution < -0.4 is 49.5 Å². The number of Topliss-reactive ketones (excluding diaryl/α,β-unsaturated/α-hetero) is 2. The van der Waals surface area contributed by atoms with Crippen molar-refractivity contribution in [2.75, 3.05) is 26.2 Å². The molecule has 0 aliphatic carbocycles. The number of nitrogens with two attached hydrogens (primary N) is 4. The Morgan fingerprint density at radius 1 is 0.768 bits per heavy atom. The van der Waals surface area contributed by atoms with Crippen LogP contribution in [0, 0.1) is 11.8 Å². The summed E-state index contributed by atoms with van der Waals surface area (Å²) in [5.41, 5.74) is 25.2. The molecule has 3 heterocycles. The average molecular weight is 1130 g/mol. The van der Waals surface area contributed by atoms with Crippen LogP contribution in [0.5, 0.6) is 0 Å². The van der Waals surface area contributed by atoms with Crippen molar-refractivity contribution < 1.29 is 53.0 Å². The fourth-order valence-corrected chi connectivity index (χ4v) is 10.3. The number of ether oxygens (including phenoxy) is 1. The summed E-state index contributed by atoms with van der Waals surface area (Å²) in [4.78, 5) is 140. The van der Waals surface area contributed by atoms with Crippen molar-refractivity contribution in [2.24, 2.45) is 44.8 Å². The van der Waals surface area contributed by atoms with E-state index in [-0.39, 0.29) is 115 Å². The number of aliphatic imine (C=N–C) groups is 2. The molecule has 2 aliphatic heterocycles. The summed E-state index contributed by atoms with van der Waals surface area (Å²) in [5, 5.41) is 24.7. The van der Waals surface area contributed by atoms with Gasteiger partial charge in [0, 0.05) is 81.3 Å². The second kappa shape index (κ2) is 31.4. The van der Waals surface area contributed by atoms with Gasteiger partial charge in [0.15, 0.2) is 17.7 Å². The van der Waals surface area contributed by atoms with Gasteiger partial charge in [0.1, 0.15) is 30.0 Å². The van der Waals surface area contributed by atoms with Crippen LogP contribution in [-0.2, 0) is 67.3 Å². The van der Waals surface area contributed by atoms with Crippen molar-refractivity contribution in [3.8, 4) is 0 Å². The van der Waals surface area contributed by atoms with Crippen molar-refractivity contribution in [2.45, 2.75) is 133 Å². The van der Waals surface area contributed by atoms with Crippen LogP contribution in [0.25, 0.3) is 10.9 Å². The molecule has 15 N–H and O–H groups in total. The maximum absolute atomic E-state index is 15.2. The predicted octanol–water partition coefficient (Wildman–Crippen LogP) is 1.13. The first kappa shape index (κ1) is 62.5. The molecule has 3 aromatic carbocycles. The van der Waals surface area contributed by atoms with Gasteiger partial charge in [-0.2, -0.15) is 0 Å². The Labute approximate surface area is 475 Å². The number of carbonyl (C=O) groups excluding carboxylic acids is 8. The number of nitrogens with zero attached hydrogens (tertiary/aromatic N) is 3. The zero-order chi connectivity index (χ0) is 59.1. The summed E-state index contributed by atoms with van der Waals surface area (Å²) < 4.78 is 6.33. The summed E-state index contributed by atoms with van der Waals surface area (Å²) in [6.45, 7) is 1.36. The van der Waals surface area contributed by atoms with Crippen LogP contribution in [0.15, 0.2) is 101 Å². The summed E-state index contributed by atoms with van der Waals surface area (Å²) in [7, 11) is 0. The number of carboxylic acid groups (broad SMARTS) is 1. The van der Waals surface area contributed by atoms with Crippen molar-refractivity contribution in [3.63, 3.8) is 0 Å². The van der Waals surface area contributed by atoms with Crippen LogP contribution in [0.2, 0.25) is 0 Å². The highest BCUT2D eigenvalue weighted by molar-refractivity contribution is 5.99. The number of para-hydroxylation sites is 1.